The second-order valence-corrected chi connectivity index (χ2v) is 11.0. The average Bonchev–Trinajstić information content (AvgIpc) is 3.29. The summed E-state index contributed by atoms with van der Waals surface area (Å²) in [5.74, 6) is -1.29. The van der Waals surface area contributed by atoms with Gasteiger partial charge in [-0.15, -0.1) is 0 Å². The Morgan fingerprint density at radius 3 is 2.68 bits per heavy atom. The molecule has 5 rings (SSSR count). The molecule has 3 aromatic rings. The number of aryl methyl sites for hydroxylation is 1. The van der Waals surface area contributed by atoms with Crippen LogP contribution in [0.2, 0.25) is 0 Å². The van der Waals surface area contributed by atoms with Crippen LogP contribution in [0, 0.1) is 11.6 Å². The van der Waals surface area contributed by atoms with Crippen LogP contribution in [0.1, 0.15) is 36.7 Å². The van der Waals surface area contributed by atoms with E-state index in [1.165, 1.54) is 6.07 Å². The number of nitrogens with zero attached hydrogens (tertiary/aromatic N) is 5. The highest BCUT2D eigenvalue weighted by molar-refractivity contribution is 7.19. The van der Waals surface area contributed by atoms with Crippen molar-refractivity contribution in [3.8, 4) is 10.6 Å². The number of benzene rings is 1. The molecule has 2 saturated heterocycles. The maximum absolute atomic E-state index is 14.2. The summed E-state index contributed by atoms with van der Waals surface area (Å²) in [4.78, 5) is 22.0. The van der Waals surface area contributed by atoms with Gasteiger partial charge in [0.2, 0.25) is 0 Å². The number of carbonyl (C=O) groups excluding carboxylic acids is 1. The maximum atomic E-state index is 14.2. The Hall–Kier alpha value is -3.09. The summed E-state index contributed by atoms with van der Waals surface area (Å²) in [5.41, 5.74) is 6.28. The van der Waals surface area contributed by atoms with Crippen molar-refractivity contribution < 1.29 is 18.3 Å². The van der Waals surface area contributed by atoms with Gasteiger partial charge in [-0.2, -0.15) is 5.10 Å². The Balaban J connectivity index is 1.32. The molecule has 0 bridgehead atoms. The summed E-state index contributed by atoms with van der Waals surface area (Å²) >= 11 is 0.867. The molecule has 2 fully saturated rings. The van der Waals surface area contributed by atoms with Gasteiger partial charge in [-0.1, -0.05) is 17.4 Å². The van der Waals surface area contributed by atoms with Gasteiger partial charge in [0.05, 0.1) is 30.5 Å². The SMILES string of the molecule is CN([C@H]1CCCN(c2c(NC(=O)c3nc(-c4c(F)cccc4F)sc3N)cnn2C)CC1)C1(C)COC1. The van der Waals surface area contributed by atoms with Crippen LogP contribution in [0.3, 0.4) is 0 Å². The third-order valence-corrected chi connectivity index (χ3v) is 8.33. The minimum atomic E-state index is -0.765. The minimum absolute atomic E-state index is 0.0119. The second kappa shape index (κ2) is 9.99. The van der Waals surface area contributed by atoms with Gasteiger partial charge in [0.1, 0.15) is 27.3 Å². The first-order valence-corrected chi connectivity index (χ1v) is 13.1. The van der Waals surface area contributed by atoms with Crippen molar-refractivity contribution >= 4 is 33.8 Å². The quantitative estimate of drug-likeness (QED) is 0.500. The van der Waals surface area contributed by atoms with Gasteiger partial charge in [0.25, 0.3) is 5.91 Å². The van der Waals surface area contributed by atoms with Crippen LogP contribution in [-0.2, 0) is 11.8 Å². The molecule has 3 N–H and O–H groups in total. The van der Waals surface area contributed by atoms with Gasteiger partial charge >= 0.3 is 0 Å². The van der Waals surface area contributed by atoms with Crippen LogP contribution < -0.4 is 16.0 Å². The molecule has 2 aromatic heterocycles. The van der Waals surface area contributed by atoms with Gasteiger partial charge < -0.3 is 20.7 Å². The highest BCUT2D eigenvalue weighted by atomic mass is 32.1. The Kier molecular flexibility index (Phi) is 6.90. The molecular weight excluding hydrogens is 500 g/mol. The number of amides is 1. The predicted octanol–water partition coefficient (Wildman–Crippen LogP) is 3.74. The van der Waals surface area contributed by atoms with E-state index in [9.17, 15) is 13.6 Å². The van der Waals surface area contributed by atoms with Gasteiger partial charge in [-0.3, -0.25) is 14.4 Å². The normalized spacial score (nSPS) is 19.5. The Labute approximate surface area is 218 Å². The monoisotopic (exact) mass is 531 g/mol. The van der Waals surface area contributed by atoms with Gasteiger partial charge in [0, 0.05) is 26.2 Å². The largest absolute Gasteiger partial charge is 0.389 e. The number of aromatic nitrogens is 3. The van der Waals surface area contributed by atoms with Crippen LogP contribution >= 0.6 is 11.3 Å². The molecule has 0 unspecified atom stereocenters. The lowest BCUT2D eigenvalue weighted by atomic mass is 9.94. The van der Waals surface area contributed by atoms with E-state index in [-0.39, 0.29) is 26.8 Å². The first-order chi connectivity index (χ1) is 17.7. The van der Waals surface area contributed by atoms with Gasteiger partial charge in [-0.05, 0) is 45.4 Å². The van der Waals surface area contributed by atoms with Crippen LogP contribution in [0.25, 0.3) is 10.6 Å². The topological polar surface area (TPSA) is 102 Å². The average molecular weight is 532 g/mol. The molecule has 1 aromatic carbocycles. The lowest BCUT2D eigenvalue weighted by molar-refractivity contribution is -0.135. The fourth-order valence-electron chi connectivity index (χ4n) is 5.10. The summed E-state index contributed by atoms with van der Waals surface area (Å²) < 4.78 is 35.7. The fraction of sp³-hybridized carbons (Fsp3) is 0.480. The number of thiazole rings is 1. The summed E-state index contributed by atoms with van der Waals surface area (Å²) in [6, 6.07) is 3.99. The first-order valence-electron chi connectivity index (χ1n) is 12.3. The van der Waals surface area contributed by atoms with Crippen molar-refractivity contribution in [1.82, 2.24) is 19.7 Å². The van der Waals surface area contributed by atoms with Crippen LogP contribution in [0.15, 0.2) is 24.4 Å². The zero-order valence-electron chi connectivity index (χ0n) is 21.1. The number of hydrogen-bond acceptors (Lipinski definition) is 8. The number of anilines is 3. The van der Waals surface area contributed by atoms with Crippen molar-refractivity contribution in [3.63, 3.8) is 0 Å². The minimum Gasteiger partial charge on any atom is -0.389 e. The zero-order chi connectivity index (χ0) is 26.3. The van der Waals surface area contributed by atoms with Crippen molar-refractivity contribution in [1.29, 1.82) is 0 Å². The number of likely N-dealkylation sites (N-methyl/N-ethyl adjacent to an activating group) is 1. The van der Waals surface area contributed by atoms with Crippen molar-refractivity contribution in [3.05, 3.63) is 41.7 Å². The fourth-order valence-corrected chi connectivity index (χ4v) is 5.98. The predicted molar refractivity (Wildman–Crippen MR) is 140 cm³/mol. The molecule has 2 aliphatic rings. The molecule has 0 saturated carbocycles. The van der Waals surface area contributed by atoms with Crippen LogP contribution in [0.5, 0.6) is 0 Å². The molecule has 198 valence electrons. The van der Waals surface area contributed by atoms with Crippen molar-refractivity contribution in [2.75, 3.05) is 49.3 Å². The van der Waals surface area contributed by atoms with E-state index in [1.54, 1.807) is 10.9 Å². The Bertz CT molecular complexity index is 1290. The van der Waals surface area contributed by atoms with Crippen LogP contribution in [-0.4, -0.2) is 70.5 Å². The van der Waals surface area contributed by atoms with E-state index < -0.39 is 17.5 Å². The maximum Gasteiger partial charge on any atom is 0.277 e. The number of rotatable bonds is 6. The van der Waals surface area contributed by atoms with E-state index in [4.69, 9.17) is 10.5 Å². The molecule has 0 spiro atoms. The standard InChI is InChI=1S/C25H31F2N7O2S/c1-25(13-36-14-25)32(2)15-6-5-10-34(11-9-15)24-18(12-29-33(24)3)30-22(35)20-21(28)37-23(31-20)19-16(26)7-4-8-17(19)27/h4,7-8,12,15H,5-6,9-11,13-14,28H2,1-3H3,(H,30,35)/t15-/m0/s1. The number of nitrogens with one attached hydrogen (secondary N) is 1. The third-order valence-electron chi connectivity index (χ3n) is 7.42. The first kappa shape index (κ1) is 25.6. The van der Waals surface area contributed by atoms with Crippen molar-refractivity contribution in [2.45, 2.75) is 37.8 Å². The molecule has 1 amide bonds. The van der Waals surface area contributed by atoms with E-state index >= 15 is 0 Å². The lowest BCUT2D eigenvalue weighted by Crippen LogP contribution is -2.61. The van der Waals surface area contributed by atoms with Crippen LogP contribution in [0.4, 0.5) is 25.3 Å². The number of carbonyl (C=O) groups is 1. The number of halogens is 2. The molecule has 9 nitrogen and oxygen atoms in total. The lowest BCUT2D eigenvalue weighted by Gasteiger charge is -2.48. The molecule has 12 heteroatoms. The van der Waals surface area contributed by atoms with E-state index in [0.29, 0.717) is 11.7 Å². The zero-order valence-corrected chi connectivity index (χ0v) is 21.9. The van der Waals surface area contributed by atoms with E-state index in [2.05, 4.69) is 39.2 Å². The second-order valence-electron chi connectivity index (χ2n) is 9.96. The van der Waals surface area contributed by atoms with E-state index in [0.717, 1.165) is 74.9 Å². The molecule has 4 heterocycles. The number of ether oxygens (including phenoxy) is 1. The number of nitrogen functional groups attached to an aromatic ring is 1. The molecule has 0 radical (unpaired) electrons. The van der Waals surface area contributed by atoms with Gasteiger partial charge in [0.15, 0.2) is 11.5 Å². The van der Waals surface area contributed by atoms with Crippen molar-refractivity contribution in [2.24, 2.45) is 7.05 Å². The summed E-state index contributed by atoms with van der Waals surface area (Å²) in [7, 11) is 4.01. The molecule has 1 atom stereocenters. The third kappa shape index (κ3) is 4.80. The highest BCUT2D eigenvalue weighted by Gasteiger charge is 2.41. The van der Waals surface area contributed by atoms with Gasteiger partial charge in [-0.25, -0.2) is 13.8 Å². The molecular formula is C25H31F2N7O2S. The Morgan fingerprint density at radius 1 is 1.27 bits per heavy atom. The molecule has 0 aliphatic carbocycles. The Morgan fingerprint density at radius 2 is 2.00 bits per heavy atom. The number of nitrogens with two attached hydrogens (primary N) is 1. The van der Waals surface area contributed by atoms with E-state index in [1.807, 2.05) is 7.05 Å². The highest BCUT2D eigenvalue weighted by Crippen LogP contribution is 2.35. The summed E-state index contributed by atoms with van der Waals surface area (Å²) in [6.45, 7) is 5.39. The smallest absolute Gasteiger partial charge is 0.277 e. The number of hydrogen-bond donors (Lipinski definition) is 2. The molecule has 37 heavy (non-hydrogen) atoms. The summed E-state index contributed by atoms with van der Waals surface area (Å²) in [6.07, 6.45) is 4.64. The molecule has 2 aliphatic heterocycles. The summed E-state index contributed by atoms with van der Waals surface area (Å²) in [5, 5.41) is 7.32.